The van der Waals surface area contributed by atoms with Crippen LogP contribution in [0.15, 0.2) is 17.1 Å². The summed E-state index contributed by atoms with van der Waals surface area (Å²) >= 11 is 0. The fraction of sp³-hybridized carbons (Fsp3) is 0.556. The third-order valence-corrected chi connectivity index (χ3v) is 6.93. The summed E-state index contributed by atoms with van der Waals surface area (Å²) in [6.45, 7) is -1.14. The molecule has 0 amide bonds. The standard InChI is InChI=1S/C9H16N3O14P3.2Mg/c10-5-1-2-12(9(15)11-5)8-7(14)6(13)4(24-8)3-23-28(19,20)26-29(21,22)25-27(16,17)18;;/h1-2,4,6-8,13-14H,3H2,(H,19,20)(H,21,22)(H2,10,11,15)(H2,16,17,18);;/q;2*+2/p-4/t4-,6-,7-,8-;;/m1../s1. The Morgan fingerprint density at radius 1 is 1.10 bits per heavy atom. The monoisotopic (exact) mass is 527 g/mol. The van der Waals surface area contributed by atoms with Crippen LogP contribution in [0.2, 0.25) is 0 Å². The number of aliphatic hydroxyl groups excluding tert-OH is 2. The number of rotatable bonds is 8. The number of hydrogen-bond acceptors (Lipinski definition) is 16. The molecule has 22 heteroatoms. The number of nitrogens with two attached hydrogens (primary N) is 1. The van der Waals surface area contributed by atoms with E-state index in [0.717, 1.165) is 10.8 Å². The van der Waals surface area contributed by atoms with Crippen LogP contribution in [0.3, 0.4) is 0 Å². The number of nitrogens with zero attached hydrogens (tertiary/aromatic N) is 2. The van der Waals surface area contributed by atoms with Gasteiger partial charge in [0.05, 0.1) is 14.4 Å². The van der Waals surface area contributed by atoms with Gasteiger partial charge in [-0.25, -0.2) is 9.11 Å². The van der Waals surface area contributed by atoms with E-state index in [0.29, 0.717) is 0 Å². The van der Waals surface area contributed by atoms with Crippen molar-refractivity contribution in [3.8, 4) is 0 Å². The zero-order valence-electron chi connectivity index (χ0n) is 15.2. The van der Waals surface area contributed by atoms with Crippen LogP contribution in [0.25, 0.3) is 0 Å². The first kappa shape index (κ1) is 31.5. The molecule has 0 aliphatic carbocycles. The van der Waals surface area contributed by atoms with Crippen LogP contribution in [0.1, 0.15) is 6.23 Å². The predicted molar refractivity (Wildman–Crippen MR) is 91.3 cm³/mol. The van der Waals surface area contributed by atoms with Gasteiger partial charge in [-0.1, -0.05) is 0 Å². The smallest absolute Gasteiger partial charge is 0.790 e. The molecule has 1 aliphatic heterocycles. The number of hydrogen-bond donors (Lipinski definition) is 3. The van der Waals surface area contributed by atoms with E-state index < -0.39 is 60.3 Å². The summed E-state index contributed by atoms with van der Waals surface area (Å²) in [4.78, 5) is 58.2. The maximum atomic E-state index is 11.8. The molecule has 1 aromatic heterocycles. The molecule has 4 N–H and O–H groups in total. The Bertz CT molecular complexity index is 956. The van der Waals surface area contributed by atoms with Gasteiger partial charge in [0, 0.05) is 6.20 Å². The first-order chi connectivity index (χ1) is 13.1. The van der Waals surface area contributed by atoms with Gasteiger partial charge in [-0.2, -0.15) is 4.98 Å². The van der Waals surface area contributed by atoms with Crippen LogP contribution in [-0.4, -0.2) is 90.8 Å². The Hall–Kier alpha value is 0.502. The van der Waals surface area contributed by atoms with Gasteiger partial charge in [-0.3, -0.25) is 18.0 Å². The van der Waals surface area contributed by atoms with Crippen molar-refractivity contribution in [2.45, 2.75) is 24.5 Å². The van der Waals surface area contributed by atoms with Gasteiger partial charge in [0.15, 0.2) is 6.23 Å². The Kier molecular flexibility index (Phi) is 12.0. The van der Waals surface area contributed by atoms with Gasteiger partial charge in [-0.15, -0.1) is 0 Å². The molecule has 166 valence electrons. The zero-order chi connectivity index (χ0) is 22.2. The number of anilines is 1. The third-order valence-electron chi connectivity index (χ3n) is 3.26. The summed E-state index contributed by atoms with van der Waals surface area (Å²) in [7, 11) is -18.1. The van der Waals surface area contributed by atoms with E-state index in [9.17, 15) is 48.3 Å². The van der Waals surface area contributed by atoms with Gasteiger partial charge in [0.25, 0.3) is 15.6 Å². The largest absolute Gasteiger partial charge is 2.00 e. The van der Waals surface area contributed by atoms with E-state index in [1.165, 1.54) is 6.07 Å². The van der Waals surface area contributed by atoms with Crippen LogP contribution in [0.5, 0.6) is 0 Å². The summed E-state index contributed by atoms with van der Waals surface area (Å²) in [5.74, 6) is -0.145. The van der Waals surface area contributed by atoms with Crippen LogP contribution >= 0.6 is 23.5 Å². The molecule has 0 saturated carbocycles. The Balaban J connectivity index is 0.00000450. The van der Waals surface area contributed by atoms with Crippen molar-refractivity contribution in [1.82, 2.24) is 9.55 Å². The van der Waals surface area contributed by atoms with Gasteiger partial charge in [-0.05, 0) is 6.07 Å². The summed E-state index contributed by atoms with van der Waals surface area (Å²) in [6, 6.07) is 1.17. The second-order valence-corrected chi connectivity index (χ2v) is 9.64. The second-order valence-electron chi connectivity index (χ2n) is 5.39. The molecule has 31 heavy (non-hydrogen) atoms. The minimum Gasteiger partial charge on any atom is -0.790 e. The molecule has 0 aromatic carbocycles. The normalized spacial score (nSPS) is 27.4. The van der Waals surface area contributed by atoms with E-state index >= 15 is 0 Å². The Morgan fingerprint density at radius 2 is 1.68 bits per heavy atom. The first-order valence-electron chi connectivity index (χ1n) is 7.18. The Morgan fingerprint density at radius 3 is 2.19 bits per heavy atom. The van der Waals surface area contributed by atoms with Crippen molar-refractivity contribution in [3.63, 3.8) is 0 Å². The number of nitrogen functional groups attached to an aromatic ring is 1. The van der Waals surface area contributed by atoms with Crippen molar-refractivity contribution in [3.05, 3.63) is 22.7 Å². The molecule has 2 unspecified atom stereocenters. The van der Waals surface area contributed by atoms with Crippen molar-refractivity contribution >= 4 is 75.4 Å². The number of phosphoric ester groups is 1. The van der Waals surface area contributed by atoms with Crippen LogP contribution in [-0.2, 0) is 31.6 Å². The molecule has 1 aromatic rings. The second kappa shape index (κ2) is 11.8. The fourth-order valence-electron chi connectivity index (χ4n) is 2.16. The van der Waals surface area contributed by atoms with Crippen molar-refractivity contribution in [2.75, 3.05) is 12.3 Å². The molecule has 0 spiro atoms. The number of phosphoric acid groups is 3. The summed E-state index contributed by atoms with van der Waals surface area (Å²) in [5, 5.41) is 19.9. The molecular weight excluding hydrogens is 516 g/mol. The van der Waals surface area contributed by atoms with E-state index in [-0.39, 0.29) is 51.9 Å². The summed E-state index contributed by atoms with van der Waals surface area (Å²) < 4.78 is 49.1. The average molecular weight is 528 g/mol. The number of aliphatic hydroxyl groups is 2. The van der Waals surface area contributed by atoms with Gasteiger partial charge >= 0.3 is 51.8 Å². The first-order valence-corrected chi connectivity index (χ1v) is 11.6. The fourth-order valence-corrected chi connectivity index (χ4v) is 5.03. The summed E-state index contributed by atoms with van der Waals surface area (Å²) in [5.41, 5.74) is 4.34. The predicted octanol–water partition coefficient (Wildman–Crippen LogP) is -5.50. The molecule has 6 atom stereocenters. The number of ether oxygens (including phenoxy) is 1. The van der Waals surface area contributed by atoms with Crippen LogP contribution in [0.4, 0.5) is 5.82 Å². The van der Waals surface area contributed by atoms with Gasteiger partial charge < -0.3 is 49.3 Å². The zero-order valence-corrected chi connectivity index (χ0v) is 20.7. The topological polar surface area (TPSA) is 282 Å². The maximum absolute atomic E-state index is 11.8. The van der Waals surface area contributed by atoms with Gasteiger partial charge in [0.2, 0.25) is 0 Å². The minimum absolute atomic E-state index is 0. The molecule has 1 aliphatic rings. The van der Waals surface area contributed by atoms with E-state index in [2.05, 4.69) is 18.1 Å². The molecular formula is C9H12Mg2N3O14P3. The van der Waals surface area contributed by atoms with E-state index in [1.54, 1.807) is 0 Å². The number of aromatic nitrogens is 2. The van der Waals surface area contributed by atoms with Crippen molar-refractivity contribution < 1.29 is 61.4 Å². The summed E-state index contributed by atoms with van der Waals surface area (Å²) in [6.07, 6.45) is -5.66. The van der Waals surface area contributed by atoms with Crippen LogP contribution < -0.4 is 31.0 Å². The molecule has 0 radical (unpaired) electrons. The SMILES string of the molecule is Nc1ccn([C@@H]2O[C@H](COP(=O)([O-])OP(=O)([O-])OP(=O)([O-])[O-])[C@@H](O)[C@H]2O)c(=O)n1.[Mg+2].[Mg+2]. The molecule has 0 bridgehead atoms. The minimum atomic E-state index is -6.15. The maximum Gasteiger partial charge on any atom is 2.00 e. The van der Waals surface area contributed by atoms with E-state index in [1.807, 2.05) is 0 Å². The molecule has 2 rings (SSSR count). The molecule has 2 heterocycles. The van der Waals surface area contributed by atoms with Crippen molar-refractivity contribution in [2.24, 2.45) is 0 Å². The van der Waals surface area contributed by atoms with E-state index in [4.69, 9.17) is 10.5 Å². The molecule has 17 nitrogen and oxygen atoms in total. The molecule has 1 saturated heterocycles. The Labute approximate surface area is 205 Å². The average Bonchev–Trinajstić information content (AvgIpc) is 2.78. The molecule has 1 fully saturated rings. The quantitative estimate of drug-likeness (QED) is 0.210. The van der Waals surface area contributed by atoms with Crippen LogP contribution in [0, 0.1) is 0 Å². The van der Waals surface area contributed by atoms with Crippen molar-refractivity contribution in [1.29, 1.82) is 0 Å². The van der Waals surface area contributed by atoms with Gasteiger partial charge in [0.1, 0.15) is 24.1 Å². The third kappa shape index (κ3) is 9.34.